The maximum absolute atomic E-state index is 12.7. The zero-order valence-corrected chi connectivity index (χ0v) is 14.0. The molecule has 10 heteroatoms. The van der Waals surface area contributed by atoms with Crippen molar-refractivity contribution in [2.75, 3.05) is 0 Å². The van der Waals surface area contributed by atoms with Crippen LogP contribution in [0.3, 0.4) is 0 Å². The Bertz CT molecular complexity index is 1040. The first-order chi connectivity index (χ1) is 11.9. The molecule has 1 aromatic carbocycles. The van der Waals surface area contributed by atoms with Crippen LogP contribution in [-0.4, -0.2) is 34.5 Å². The van der Waals surface area contributed by atoms with Gasteiger partial charge in [0.05, 0.1) is 10.5 Å². The van der Waals surface area contributed by atoms with Gasteiger partial charge in [0.25, 0.3) is 0 Å². The zero-order valence-electron chi connectivity index (χ0n) is 12.4. The Morgan fingerprint density at radius 1 is 1.24 bits per heavy atom. The number of carbonyl (C=O) groups is 1. The van der Waals surface area contributed by atoms with Gasteiger partial charge in [0, 0.05) is 11.1 Å². The Morgan fingerprint density at radius 2 is 1.96 bits per heavy atom. The number of nitrogens with zero attached hydrogens (tertiary/aromatic N) is 2. The van der Waals surface area contributed by atoms with Crippen molar-refractivity contribution >= 4 is 33.0 Å². The molecular formula is C15H10ClN3O5S. The summed E-state index contributed by atoms with van der Waals surface area (Å²) in [5.74, 6) is -1.38. The number of benzene rings is 1. The summed E-state index contributed by atoms with van der Waals surface area (Å²) in [6.07, 6.45) is 3.98. The van der Waals surface area contributed by atoms with E-state index in [1.807, 2.05) is 0 Å². The van der Waals surface area contributed by atoms with Crippen molar-refractivity contribution in [3.8, 4) is 0 Å². The Hall–Kier alpha value is -2.91. The van der Waals surface area contributed by atoms with E-state index in [1.54, 1.807) is 0 Å². The normalized spacial score (nSPS) is 12.3. The molecule has 0 radical (unpaired) electrons. The summed E-state index contributed by atoms with van der Waals surface area (Å²) in [5, 5.41) is 16.2. The highest BCUT2D eigenvalue weighted by atomic mass is 35.5. The highest BCUT2D eigenvalue weighted by Gasteiger charge is 2.26. The fraction of sp³-hybridized carbons (Fsp3) is 0. The van der Waals surface area contributed by atoms with Gasteiger partial charge in [0.15, 0.2) is 11.5 Å². The first-order valence-electron chi connectivity index (χ1n) is 6.77. The van der Waals surface area contributed by atoms with Gasteiger partial charge in [-0.3, -0.25) is 9.89 Å². The summed E-state index contributed by atoms with van der Waals surface area (Å²) in [4.78, 5) is 15.6. The molecule has 0 amide bonds. The number of furan rings is 1. The van der Waals surface area contributed by atoms with Gasteiger partial charge in [-0.25, -0.2) is 13.4 Å². The zero-order chi connectivity index (χ0) is 18.0. The summed E-state index contributed by atoms with van der Waals surface area (Å²) in [6, 6.07) is 5.48. The van der Waals surface area contributed by atoms with Crippen molar-refractivity contribution in [1.29, 1.82) is 0 Å². The van der Waals surface area contributed by atoms with Crippen LogP contribution in [0, 0.1) is 0 Å². The SMILES string of the molecule is O=C(C=C(O)c1nc[nH]n1)c1cocc1S(=O)(=O)c1ccc(Cl)cc1. The lowest BCUT2D eigenvalue weighted by Crippen LogP contribution is -2.07. The Balaban J connectivity index is 1.99. The molecule has 8 nitrogen and oxygen atoms in total. The average molecular weight is 380 g/mol. The quantitative estimate of drug-likeness (QED) is 0.396. The third-order valence-electron chi connectivity index (χ3n) is 3.22. The van der Waals surface area contributed by atoms with E-state index in [4.69, 9.17) is 16.0 Å². The minimum atomic E-state index is -4.00. The lowest BCUT2D eigenvalue weighted by molar-refractivity contribution is 0.104. The highest BCUT2D eigenvalue weighted by molar-refractivity contribution is 7.91. The number of aromatic nitrogens is 3. The van der Waals surface area contributed by atoms with Gasteiger partial charge in [-0.15, -0.1) is 0 Å². The topological polar surface area (TPSA) is 126 Å². The van der Waals surface area contributed by atoms with Crippen LogP contribution >= 0.6 is 11.6 Å². The van der Waals surface area contributed by atoms with Crippen molar-refractivity contribution in [3.63, 3.8) is 0 Å². The van der Waals surface area contributed by atoms with Crippen molar-refractivity contribution in [1.82, 2.24) is 15.2 Å². The van der Waals surface area contributed by atoms with E-state index in [0.29, 0.717) is 5.02 Å². The second kappa shape index (κ2) is 6.54. The van der Waals surface area contributed by atoms with Gasteiger partial charge in [0.1, 0.15) is 23.7 Å². The number of halogens is 1. The first-order valence-corrected chi connectivity index (χ1v) is 8.63. The molecule has 0 fully saturated rings. The van der Waals surface area contributed by atoms with Gasteiger partial charge >= 0.3 is 0 Å². The van der Waals surface area contributed by atoms with Crippen LogP contribution in [0.15, 0.2) is 63.4 Å². The molecule has 25 heavy (non-hydrogen) atoms. The number of hydrogen-bond acceptors (Lipinski definition) is 7. The predicted molar refractivity (Wildman–Crippen MR) is 86.9 cm³/mol. The number of carbonyl (C=O) groups excluding carboxylic acids is 1. The number of aliphatic hydroxyl groups excluding tert-OH is 1. The monoisotopic (exact) mass is 379 g/mol. The molecule has 0 saturated carbocycles. The van der Waals surface area contributed by atoms with Crippen LogP contribution in [-0.2, 0) is 9.84 Å². The van der Waals surface area contributed by atoms with Crippen LogP contribution in [0.1, 0.15) is 16.2 Å². The fourth-order valence-electron chi connectivity index (χ4n) is 2.01. The largest absolute Gasteiger partial charge is 0.504 e. The fourth-order valence-corrected chi connectivity index (χ4v) is 3.51. The molecule has 0 aliphatic carbocycles. The van der Waals surface area contributed by atoms with Crippen LogP contribution in [0.25, 0.3) is 5.76 Å². The van der Waals surface area contributed by atoms with Crippen molar-refractivity contribution in [2.24, 2.45) is 0 Å². The van der Waals surface area contributed by atoms with E-state index in [1.165, 1.54) is 30.6 Å². The first kappa shape index (κ1) is 16.9. The molecule has 0 unspecified atom stereocenters. The molecule has 2 heterocycles. The summed E-state index contributed by atoms with van der Waals surface area (Å²) >= 11 is 5.76. The predicted octanol–water partition coefficient (Wildman–Crippen LogP) is 2.67. The van der Waals surface area contributed by atoms with Gasteiger partial charge in [0.2, 0.25) is 15.7 Å². The van der Waals surface area contributed by atoms with Crippen LogP contribution in [0.4, 0.5) is 0 Å². The van der Waals surface area contributed by atoms with Crippen LogP contribution < -0.4 is 0 Å². The molecule has 0 saturated heterocycles. The summed E-state index contributed by atoms with van der Waals surface area (Å²) < 4.78 is 30.3. The molecule has 2 aromatic heterocycles. The van der Waals surface area contributed by atoms with E-state index in [0.717, 1.165) is 18.6 Å². The van der Waals surface area contributed by atoms with Crippen LogP contribution in [0.5, 0.6) is 0 Å². The number of allylic oxidation sites excluding steroid dienone is 1. The number of hydrogen-bond donors (Lipinski definition) is 2. The summed E-state index contributed by atoms with van der Waals surface area (Å²) in [7, 11) is -4.00. The third kappa shape index (κ3) is 3.32. The number of rotatable bonds is 5. The Labute approximate surface area is 146 Å². The number of aliphatic hydroxyl groups is 1. The molecular weight excluding hydrogens is 370 g/mol. The molecule has 3 aromatic rings. The number of aromatic amines is 1. The summed E-state index contributed by atoms with van der Waals surface area (Å²) in [6.45, 7) is 0. The van der Waals surface area contributed by atoms with Crippen molar-refractivity contribution in [3.05, 3.63) is 65.6 Å². The third-order valence-corrected chi connectivity index (χ3v) is 5.26. The van der Waals surface area contributed by atoms with Gasteiger partial charge in [-0.1, -0.05) is 11.6 Å². The lowest BCUT2D eigenvalue weighted by atomic mass is 10.2. The van der Waals surface area contributed by atoms with E-state index in [-0.39, 0.29) is 21.2 Å². The summed E-state index contributed by atoms with van der Waals surface area (Å²) in [5.41, 5.74) is -0.225. The molecule has 128 valence electrons. The molecule has 0 spiro atoms. The van der Waals surface area contributed by atoms with Crippen molar-refractivity contribution in [2.45, 2.75) is 9.79 Å². The molecule has 0 aliphatic heterocycles. The van der Waals surface area contributed by atoms with Gasteiger partial charge in [-0.05, 0) is 24.3 Å². The Kier molecular flexibility index (Phi) is 4.43. The van der Waals surface area contributed by atoms with E-state index in [9.17, 15) is 18.3 Å². The smallest absolute Gasteiger partial charge is 0.215 e. The van der Waals surface area contributed by atoms with E-state index >= 15 is 0 Å². The number of ketones is 1. The lowest BCUT2D eigenvalue weighted by Gasteiger charge is -2.04. The molecule has 3 rings (SSSR count). The maximum Gasteiger partial charge on any atom is 0.215 e. The molecule has 0 atom stereocenters. The maximum atomic E-state index is 12.7. The van der Waals surface area contributed by atoms with Crippen molar-refractivity contribution < 1.29 is 22.7 Å². The molecule has 0 aliphatic rings. The van der Waals surface area contributed by atoms with E-state index in [2.05, 4.69) is 15.2 Å². The van der Waals surface area contributed by atoms with E-state index < -0.39 is 21.4 Å². The molecule has 2 N–H and O–H groups in total. The average Bonchev–Trinajstić information content (AvgIpc) is 3.27. The second-order valence-electron chi connectivity index (χ2n) is 4.82. The minimum Gasteiger partial charge on any atom is -0.504 e. The minimum absolute atomic E-state index is 0.0467. The second-order valence-corrected chi connectivity index (χ2v) is 7.18. The number of H-pyrrole nitrogens is 1. The number of nitrogens with one attached hydrogen (secondary N) is 1. The van der Waals surface area contributed by atoms with Gasteiger partial charge < -0.3 is 9.52 Å². The van der Waals surface area contributed by atoms with Gasteiger partial charge in [-0.2, -0.15) is 5.10 Å². The standard InChI is InChI=1S/C15H10ClN3O5S/c16-9-1-3-10(4-2-9)25(22,23)14-7-24-6-11(14)12(20)5-13(21)15-17-8-18-19-15/h1-8,21H,(H,17,18,19). The Morgan fingerprint density at radius 3 is 2.60 bits per heavy atom. The number of sulfone groups is 1. The highest BCUT2D eigenvalue weighted by Crippen LogP contribution is 2.27. The molecule has 0 bridgehead atoms. The van der Waals surface area contributed by atoms with Crippen LogP contribution in [0.2, 0.25) is 5.02 Å².